The van der Waals surface area contributed by atoms with Gasteiger partial charge in [0.15, 0.2) is 0 Å². The summed E-state index contributed by atoms with van der Waals surface area (Å²) in [5.41, 5.74) is 3.72. The first kappa shape index (κ1) is 19.7. The van der Waals surface area contributed by atoms with Crippen LogP contribution in [0.5, 0.6) is 0 Å². The Hall–Kier alpha value is -2.28. The van der Waals surface area contributed by atoms with E-state index in [-0.39, 0.29) is 11.3 Å². The van der Waals surface area contributed by atoms with Crippen LogP contribution in [0, 0.1) is 18.3 Å². The molecule has 6 nitrogen and oxygen atoms in total. The molecule has 1 aromatic heterocycles. The summed E-state index contributed by atoms with van der Waals surface area (Å²) >= 11 is 1.19. The lowest BCUT2D eigenvalue weighted by atomic mass is 9.77. The van der Waals surface area contributed by atoms with Gasteiger partial charge in [-0.1, -0.05) is 28.8 Å². The minimum absolute atomic E-state index is 0.0682. The molecule has 0 atom stereocenters. The van der Waals surface area contributed by atoms with Crippen molar-refractivity contribution in [3.05, 3.63) is 46.0 Å². The van der Waals surface area contributed by atoms with Crippen molar-refractivity contribution in [2.75, 3.05) is 26.2 Å². The third-order valence-electron chi connectivity index (χ3n) is 7.35. The van der Waals surface area contributed by atoms with E-state index in [1.54, 1.807) is 0 Å². The lowest BCUT2D eigenvalue weighted by Crippen LogP contribution is -2.45. The van der Waals surface area contributed by atoms with Crippen molar-refractivity contribution in [2.24, 2.45) is 11.3 Å². The van der Waals surface area contributed by atoms with Gasteiger partial charge >= 0.3 is 0 Å². The molecule has 1 aliphatic carbocycles. The maximum atomic E-state index is 12.9. The fourth-order valence-electron chi connectivity index (χ4n) is 5.49. The van der Waals surface area contributed by atoms with Gasteiger partial charge in [0.2, 0.25) is 5.91 Å². The third-order valence-corrected chi connectivity index (χ3v) is 8.16. The van der Waals surface area contributed by atoms with E-state index >= 15 is 0 Å². The van der Waals surface area contributed by atoms with Crippen molar-refractivity contribution < 1.29 is 9.59 Å². The number of aromatic nitrogens is 2. The van der Waals surface area contributed by atoms with E-state index in [1.165, 1.54) is 22.7 Å². The number of likely N-dealkylation sites (tertiary alicyclic amines) is 2. The minimum atomic E-state index is 0.0682. The van der Waals surface area contributed by atoms with Crippen LogP contribution in [0.1, 0.15) is 52.2 Å². The third kappa shape index (κ3) is 3.64. The Morgan fingerprint density at radius 2 is 1.70 bits per heavy atom. The molecule has 158 valence electrons. The average Bonchev–Trinajstić information content (AvgIpc) is 3.46. The molecule has 2 saturated heterocycles. The lowest BCUT2D eigenvalue weighted by molar-refractivity contribution is -0.134. The van der Waals surface area contributed by atoms with Crippen LogP contribution in [0.3, 0.4) is 0 Å². The van der Waals surface area contributed by atoms with Gasteiger partial charge in [-0.05, 0) is 73.0 Å². The number of aryl methyl sites for hydroxylation is 1. The summed E-state index contributed by atoms with van der Waals surface area (Å²) in [6.45, 7) is 5.08. The number of piperidine rings is 1. The van der Waals surface area contributed by atoms with E-state index in [4.69, 9.17) is 0 Å². The second-order valence-electron chi connectivity index (χ2n) is 9.29. The maximum absolute atomic E-state index is 12.9. The molecule has 0 N–H and O–H groups in total. The normalized spacial score (nSPS) is 20.7. The molecule has 3 aliphatic rings. The number of hydrogen-bond acceptors (Lipinski definition) is 5. The average molecular weight is 425 g/mol. The van der Waals surface area contributed by atoms with Gasteiger partial charge in [0.25, 0.3) is 5.91 Å². The molecule has 2 amide bonds. The molecule has 7 heteroatoms. The van der Waals surface area contributed by atoms with Crippen molar-refractivity contribution >= 4 is 23.3 Å². The van der Waals surface area contributed by atoms with Crippen LogP contribution in [0.25, 0.3) is 0 Å². The zero-order valence-corrected chi connectivity index (χ0v) is 18.3. The Bertz CT molecular complexity index is 939. The highest BCUT2D eigenvalue weighted by Gasteiger charge is 2.43. The van der Waals surface area contributed by atoms with Crippen molar-refractivity contribution in [3.8, 4) is 0 Å². The van der Waals surface area contributed by atoms with Crippen LogP contribution < -0.4 is 0 Å². The highest BCUT2D eigenvalue weighted by molar-refractivity contribution is 7.07. The first-order chi connectivity index (χ1) is 14.5. The standard InChI is InChI=1S/C23H28N4O2S/c1-16-21(30-25-24-16)22(29)27-11-8-23(15-27)6-9-26(10-7-23)20(28)14-17-12-18-4-2-3-5-19(18)13-17/h2-5,17H,6-15H2,1H3. The molecule has 0 radical (unpaired) electrons. The topological polar surface area (TPSA) is 66.4 Å². The summed E-state index contributed by atoms with van der Waals surface area (Å²) in [5, 5.41) is 3.97. The molecule has 3 heterocycles. The van der Waals surface area contributed by atoms with Crippen LogP contribution in [-0.4, -0.2) is 57.4 Å². The maximum Gasteiger partial charge on any atom is 0.267 e. The Kier molecular flexibility index (Phi) is 5.09. The van der Waals surface area contributed by atoms with E-state index in [0.29, 0.717) is 23.1 Å². The molecule has 1 spiro atoms. The highest BCUT2D eigenvalue weighted by atomic mass is 32.1. The summed E-state index contributed by atoms with van der Waals surface area (Å²) in [7, 11) is 0. The van der Waals surface area contributed by atoms with Crippen molar-refractivity contribution in [3.63, 3.8) is 0 Å². The van der Waals surface area contributed by atoms with Crippen LogP contribution in [0.2, 0.25) is 0 Å². The number of amides is 2. The van der Waals surface area contributed by atoms with Gasteiger partial charge in [0, 0.05) is 32.6 Å². The second kappa shape index (κ2) is 7.76. The SMILES string of the molecule is Cc1nnsc1C(=O)N1CCC2(CCN(C(=O)CC3Cc4ccccc4C3)CC2)C1. The Morgan fingerprint density at radius 3 is 2.30 bits per heavy atom. The van der Waals surface area contributed by atoms with E-state index in [9.17, 15) is 9.59 Å². The second-order valence-corrected chi connectivity index (χ2v) is 10.0. The molecule has 30 heavy (non-hydrogen) atoms. The fraction of sp³-hybridized carbons (Fsp3) is 0.565. The van der Waals surface area contributed by atoms with Gasteiger partial charge in [-0.2, -0.15) is 0 Å². The van der Waals surface area contributed by atoms with E-state index < -0.39 is 0 Å². The molecule has 0 unspecified atom stereocenters. The van der Waals surface area contributed by atoms with Gasteiger partial charge < -0.3 is 9.80 Å². The summed E-state index contributed by atoms with van der Waals surface area (Å²) in [5.74, 6) is 0.820. The van der Waals surface area contributed by atoms with Crippen LogP contribution in [0.4, 0.5) is 0 Å². The number of fused-ring (bicyclic) bond motifs is 1. The molecular formula is C23H28N4O2S. The van der Waals surface area contributed by atoms with E-state index in [1.807, 2.05) is 11.8 Å². The Morgan fingerprint density at radius 1 is 1.07 bits per heavy atom. The number of nitrogens with zero attached hydrogens (tertiary/aromatic N) is 4. The van der Waals surface area contributed by atoms with Crippen LogP contribution in [-0.2, 0) is 17.6 Å². The molecule has 0 bridgehead atoms. The summed E-state index contributed by atoms with van der Waals surface area (Å²) in [6, 6.07) is 8.58. The van der Waals surface area contributed by atoms with Crippen LogP contribution in [0.15, 0.2) is 24.3 Å². The predicted molar refractivity (Wildman–Crippen MR) is 115 cm³/mol. The smallest absolute Gasteiger partial charge is 0.267 e. The first-order valence-electron chi connectivity index (χ1n) is 11.0. The van der Waals surface area contributed by atoms with Gasteiger partial charge in [0.1, 0.15) is 4.88 Å². The Balaban J connectivity index is 1.14. The molecule has 1 aromatic carbocycles. The summed E-state index contributed by atoms with van der Waals surface area (Å²) in [4.78, 5) is 30.4. The van der Waals surface area contributed by atoms with E-state index in [2.05, 4.69) is 38.8 Å². The lowest BCUT2D eigenvalue weighted by Gasteiger charge is -2.39. The first-order valence-corrected chi connectivity index (χ1v) is 11.7. The van der Waals surface area contributed by atoms with Crippen molar-refractivity contribution in [1.82, 2.24) is 19.4 Å². The molecule has 2 aliphatic heterocycles. The zero-order chi connectivity index (χ0) is 20.7. The molecule has 2 aromatic rings. The van der Waals surface area contributed by atoms with Crippen LogP contribution >= 0.6 is 11.5 Å². The number of carbonyl (C=O) groups is 2. The molecule has 2 fully saturated rings. The zero-order valence-electron chi connectivity index (χ0n) is 17.5. The van der Waals surface area contributed by atoms with Crippen molar-refractivity contribution in [1.29, 1.82) is 0 Å². The number of benzene rings is 1. The van der Waals surface area contributed by atoms with Crippen molar-refractivity contribution in [2.45, 2.75) is 45.4 Å². The molecular weight excluding hydrogens is 396 g/mol. The fourth-order valence-corrected chi connectivity index (χ4v) is 6.11. The van der Waals surface area contributed by atoms with Gasteiger partial charge in [-0.3, -0.25) is 9.59 Å². The summed E-state index contributed by atoms with van der Waals surface area (Å²) < 4.78 is 3.90. The highest BCUT2D eigenvalue weighted by Crippen LogP contribution is 2.41. The largest absolute Gasteiger partial charge is 0.343 e. The molecule has 0 saturated carbocycles. The quantitative estimate of drug-likeness (QED) is 0.759. The van der Waals surface area contributed by atoms with Gasteiger partial charge in [-0.15, -0.1) is 5.10 Å². The summed E-state index contributed by atoms with van der Waals surface area (Å²) in [6.07, 6.45) is 5.74. The number of rotatable bonds is 3. The predicted octanol–water partition coefficient (Wildman–Crippen LogP) is 3.11. The number of carbonyl (C=O) groups excluding carboxylic acids is 2. The van der Waals surface area contributed by atoms with Gasteiger partial charge in [0.05, 0.1) is 5.69 Å². The minimum Gasteiger partial charge on any atom is -0.343 e. The monoisotopic (exact) mass is 424 g/mol. The van der Waals surface area contributed by atoms with Gasteiger partial charge in [-0.25, -0.2) is 0 Å². The number of hydrogen-bond donors (Lipinski definition) is 0. The Labute approximate surface area is 181 Å². The van der Waals surface area contributed by atoms with E-state index in [0.717, 1.165) is 64.0 Å². The molecule has 5 rings (SSSR count).